The summed E-state index contributed by atoms with van der Waals surface area (Å²) in [6.45, 7) is 0.309. The molecule has 1 aromatic carbocycles. The Morgan fingerprint density at radius 1 is 1.11 bits per heavy atom. The first kappa shape index (κ1) is 12.4. The maximum Gasteiger partial charge on any atom is 0.324 e. The second-order valence-corrected chi connectivity index (χ2v) is 3.81. The van der Waals surface area contributed by atoms with Gasteiger partial charge in [-0.25, -0.2) is 0 Å². The molecule has 0 amide bonds. The fourth-order valence-electron chi connectivity index (χ4n) is 1.24. The predicted octanol–water partition coefficient (Wildman–Crippen LogP) is 1.69. The lowest BCUT2D eigenvalue weighted by molar-refractivity contribution is 0.271. The molecule has 0 fully saturated rings. The molecule has 0 bridgehead atoms. The molecular weight excluding hydrogens is 256 g/mol. The van der Waals surface area contributed by atoms with E-state index >= 15 is 0 Å². The summed E-state index contributed by atoms with van der Waals surface area (Å²) in [5.74, 6) is 0.0490. The predicted molar refractivity (Wildman–Crippen MR) is 66.6 cm³/mol. The number of halogens is 1. The Morgan fingerprint density at radius 2 is 1.78 bits per heavy atom. The lowest BCUT2D eigenvalue weighted by Gasteiger charge is -2.06. The van der Waals surface area contributed by atoms with E-state index < -0.39 is 0 Å². The summed E-state index contributed by atoms with van der Waals surface area (Å²) in [7, 11) is 1.44. The highest BCUT2D eigenvalue weighted by Crippen LogP contribution is 2.14. The number of methoxy groups -OCH3 is 1. The molecule has 0 atom stereocenters. The van der Waals surface area contributed by atoms with E-state index in [0.29, 0.717) is 11.6 Å². The molecule has 7 heteroatoms. The van der Waals surface area contributed by atoms with Crippen molar-refractivity contribution in [2.45, 2.75) is 6.61 Å². The zero-order valence-corrected chi connectivity index (χ0v) is 10.4. The normalized spacial score (nSPS) is 10.1. The summed E-state index contributed by atoms with van der Waals surface area (Å²) in [6.07, 6.45) is 0. The Hall–Kier alpha value is -2.08. The molecular formula is C11H11ClN4O2. The minimum Gasteiger partial charge on any atom is -0.467 e. The third-order valence-corrected chi connectivity index (χ3v) is 2.33. The van der Waals surface area contributed by atoms with Crippen LogP contribution >= 0.6 is 11.6 Å². The Balaban J connectivity index is 2.05. The Labute approximate surface area is 109 Å². The fraction of sp³-hybridized carbons (Fsp3) is 0.182. The zero-order chi connectivity index (χ0) is 13.0. The van der Waals surface area contributed by atoms with Gasteiger partial charge in [-0.2, -0.15) is 9.97 Å². The molecule has 0 aliphatic heterocycles. The molecule has 0 spiro atoms. The van der Waals surface area contributed by atoms with Crippen molar-refractivity contribution in [3.05, 3.63) is 34.9 Å². The zero-order valence-electron chi connectivity index (χ0n) is 9.63. The van der Waals surface area contributed by atoms with Gasteiger partial charge < -0.3 is 15.2 Å². The van der Waals surface area contributed by atoms with Crippen molar-refractivity contribution in [2.24, 2.45) is 0 Å². The van der Waals surface area contributed by atoms with Crippen LogP contribution in [0.25, 0.3) is 0 Å². The average molecular weight is 267 g/mol. The van der Waals surface area contributed by atoms with Crippen LogP contribution in [0, 0.1) is 0 Å². The maximum atomic E-state index is 5.78. The summed E-state index contributed by atoms with van der Waals surface area (Å²) < 4.78 is 10.3. The van der Waals surface area contributed by atoms with Crippen molar-refractivity contribution in [2.75, 3.05) is 12.8 Å². The van der Waals surface area contributed by atoms with E-state index in [4.69, 9.17) is 26.8 Å². The second-order valence-electron chi connectivity index (χ2n) is 3.38. The molecule has 0 saturated carbocycles. The van der Waals surface area contributed by atoms with Gasteiger partial charge in [0.15, 0.2) is 0 Å². The van der Waals surface area contributed by atoms with Crippen molar-refractivity contribution in [1.29, 1.82) is 0 Å². The number of anilines is 1. The molecule has 6 nitrogen and oxygen atoms in total. The third-order valence-electron chi connectivity index (χ3n) is 2.08. The molecule has 0 unspecified atom stereocenters. The summed E-state index contributed by atoms with van der Waals surface area (Å²) in [5.41, 5.74) is 6.43. The van der Waals surface area contributed by atoms with E-state index in [1.807, 2.05) is 12.1 Å². The highest BCUT2D eigenvalue weighted by molar-refractivity contribution is 6.30. The Bertz CT molecular complexity index is 533. The molecule has 1 aromatic heterocycles. The molecule has 1 heterocycles. The number of nitrogens with two attached hydrogens (primary N) is 1. The number of nitrogen functional groups attached to an aromatic ring is 1. The Morgan fingerprint density at radius 3 is 2.44 bits per heavy atom. The van der Waals surface area contributed by atoms with Crippen LogP contribution in [0.4, 0.5) is 5.95 Å². The average Bonchev–Trinajstić information content (AvgIpc) is 2.37. The Kier molecular flexibility index (Phi) is 3.78. The van der Waals surface area contributed by atoms with Crippen LogP contribution in [-0.4, -0.2) is 22.1 Å². The minimum atomic E-state index is 0.0490. The van der Waals surface area contributed by atoms with Gasteiger partial charge >= 0.3 is 12.0 Å². The summed E-state index contributed by atoms with van der Waals surface area (Å²) in [4.78, 5) is 11.5. The standard InChI is InChI=1S/C11H11ClN4O2/c1-17-10-14-9(13)15-11(16-10)18-6-7-2-4-8(12)5-3-7/h2-5H,6H2,1H3,(H2,13,14,15,16). The van der Waals surface area contributed by atoms with E-state index in [0.717, 1.165) is 5.56 Å². The molecule has 2 N–H and O–H groups in total. The van der Waals surface area contributed by atoms with Gasteiger partial charge in [-0.3, -0.25) is 0 Å². The van der Waals surface area contributed by atoms with E-state index in [1.54, 1.807) is 12.1 Å². The number of aromatic nitrogens is 3. The summed E-state index contributed by atoms with van der Waals surface area (Å²) in [6, 6.07) is 7.50. The lowest BCUT2D eigenvalue weighted by Crippen LogP contribution is -2.05. The van der Waals surface area contributed by atoms with Crippen LogP contribution in [0.2, 0.25) is 5.02 Å². The number of nitrogens with zero attached hydrogens (tertiary/aromatic N) is 3. The van der Waals surface area contributed by atoms with E-state index in [9.17, 15) is 0 Å². The maximum absolute atomic E-state index is 5.78. The van der Waals surface area contributed by atoms with Gasteiger partial charge in [-0.05, 0) is 17.7 Å². The van der Waals surface area contributed by atoms with E-state index in [2.05, 4.69) is 15.0 Å². The first-order valence-electron chi connectivity index (χ1n) is 5.10. The lowest BCUT2D eigenvalue weighted by atomic mass is 10.2. The van der Waals surface area contributed by atoms with E-state index in [-0.39, 0.29) is 18.0 Å². The van der Waals surface area contributed by atoms with Crippen LogP contribution in [0.3, 0.4) is 0 Å². The number of ether oxygens (including phenoxy) is 2. The van der Waals surface area contributed by atoms with Crippen LogP contribution in [0.1, 0.15) is 5.56 Å². The first-order chi connectivity index (χ1) is 8.67. The topological polar surface area (TPSA) is 83.2 Å². The minimum absolute atomic E-state index is 0.0490. The molecule has 0 aliphatic rings. The van der Waals surface area contributed by atoms with Crippen LogP contribution in [0.15, 0.2) is 24.3 Å². The van der Waals surface area contributed by atoms with Crippen molar-refractivity contribution >= 4 is 17.5 Å². The molecule has 18 heavy (non-hydrogen) atoms. The van der Waals surface area contributed by atoms with Crippen molar-refractivity contribution in [1.82, 2.24) is 15.0 Å². The van der Waals surface area contributed by atoms with Crippen molar-refractivity contribution in [3.8, 4) is 12.0 Å². The molecule has 0 saturated heterocycles. The van der Waals surface area contributed by atoms with Gasteiger partial charge in [0.1, 0.15) is 6.61 Å². The summed E-state index contributed by atoms with van der Waals surface area (Å²) in [5, 5.41) is 0.671. The first-order valence-corrected chi connectivity index (χ1v) is 5.48. The fourth-order valence-corrected chi connectivity index (χ4v) is 1.36. The highest BCUT2D eigenvalue weighted by Gasteiger charge is 2.05. The van der Waals surface area contributed by atoms with Crippen molar-refractivity contribution in [3.63, 3.8) is 0 Å². The molecule has 94 valence electrons. The SMILES string of the molecule is COc1nc(N)nc(OCc2ccc(Cl)cc2)n1. The van der Waals surface area contributed by atoms with Crippen LogP contribution in [-0.2, 0) is 6.61 Å². The van der Waals surface area contributed by atoms with E-state index in [1.165, 1.54) is 7.11 Å². The van der Waals surface area contributed by atoms with Gasteiger partial charge in [0.05, 0.1) is 7.11 Å². The number of rotatable bonds is 4. The third kappa shape index (κ3) is 3.21. The second kappa shape index (κ2) is 5.50. The van der Waals surface area contributed by atoms with Gasteiger partial charge in [0, 0.05) is 5.02 Å². The van der Waals surface area contributed by atoms with Gasteiger partial charge in [-0.1, -0.05) is 23.7 Å². The molecule has 2 aromatic rings. The highest BCUT2D eigenvalue weighted by atomic mass is 35.5. The quantitative estimate of drug-likeness (QED) is 0.907. The monoisotopic (exact) mass is 266 g/mol. The van der Waals surface area contributed by atoms with Gasteiger partial charge in [-0.15, -0.1) is 4.98 Å². The van der Waals surface area contributed by atoms with Crippen LogP contribution in [0.5, 0.6) is 12.0 Å². The number of hydrogen-bond donors (Lipinski definition) is 1. The molecule has 2 rings (SSSR count). The number of benzene rings is 1. The van der Waals surface area contributed by atoms with Gasteiger partial charge in [0.25, 0.3) is 0 Å². The summed E-state index contributed by atoms with van der Waals surface area (Å²) >= 11 is 5.78. The smallest absolute Gasteiger partial charge is 0.324 e. The van der Waals surface area contributed by atoms with Crippen molar-refractivity contribution < 1.29 is 9.47 Å². The van der Waals surface area contributed by atoms with Gasteiger partial charge in [0.2, 0.25) is 5.95 Å². The largest absolute Gasteiger partial charge is 0.467 e. The molecule has 0 aliphatic carbocycles. The molecule has 0 radical (unpaired) electrons. The number of hydrogen-bond acceptors (Lipinski definition) is 6. The van der Waals surface area contributed by atoms with Crippen LogP contribution < -0.4 is 15.2 Å².